The van der Waals surface area contributed by atoms with Gasteiger partial charge in [-0.25, -0.2) is 0 Å². The van der Waals surface area contributed by atoms with E-state index < -0.39 is 5.97 Å². The number of rotatable bonds is 32. The first-order chi connectivity index (χ1) is 20.6. The molecule has 0 aliphatic heterocycles. The van der Waals surface area contributed by atoms with Gasteiger partial charge in [0.05, 0.1) is 0 Å². The van der Waals surface area contributed by atoms with Crippen LogP contribution in [0, 0.1) is 0 Å². The van der Waals surface area contributed by atoms with Crippen LogP contribution >= 0.6 is 0 Å². The van der Waals surface area contributed by atoms with Crippen molar-refractivity contribution in [3.05, 3.63) is 36.5 Å². The van der Waals surface area contributed by atoms with E-state index in [-0.39, 0.29) is 18.5 Å². The second kappa shape index (κ2) is 33.7. The molecule has 0 aliphatic rings. The number of carbonyl (C=O) groups excluding carboxylic acids is 1. The standard InChI is InChI=1S/C38H68O4/c1-3-5-7-9-11-13-14-15-16-17-18-19-21-27-31-35-38(41)42-36(32-28-24-20-12-10-8-6-4-2)33-29-25-22-23-26-30-34-37(39)40/h6,8,12,20,28,32,36H,3-5,7,9-11,13-19,21-27,29-31,33-35H2,1-2H3,(H,39,40)/b8-6-,20-12-,32-28-. The minimum absolute atomic E-state index is 0.0618. The molecular formula is C38H68O4. The Hall–Kier alpha value is -1.84. The van der Waals surface area contributed by atoms with Crippen LogP contribution in [0.1, 0.15) is 187 Å². The van der Waals surface area contributed by atoms with Crippen molar-refractivity contribution in [2.24, 2.45) is 0 Å². The van der Waals surface area contributed by atoms with Gasteiger partial charge in [-0.3, -0.25) is 9.59 Å². The van der Waals surface area contributed by atoms with Crippen LogP contribution < -0.4 is 0 Å². The van der Waals surface area contributed by atoms with Crippen LogP contribution in [-0.4, -0.2) is 23.1 Å². The SMILES string of the molecule is CC/C=C\C/C=C\C/C=C\C(CCCCCCCCC(=O)O)OC(=O)CCCCCCCCCCCCCCCCC. The van der Waals surface area contributed by atoms with Crippen molar-refractivity contribution in [2.45, 2.75) is 193 Å². The molecular weight excluding hydrogens is 520 g/mol. The maximum absolute atomic E-state index is 12.6. The van der Waals surface area contributed by atoms with E-state index in [1.807, 2.05) is 0 Å². The Morgan fingerprint density at radius 3 is 1.48 bits per heavy atom. The predicted octanol–water partition coefficient (Wildman–Crippen LogP) is 12.2. The molecule has 244 valence electrons. The molecule has 0 radical (unpaired) electrons. The molecule has 0 spiro atoms. The fourth-order valence-corrected chi connectivity index (χ4v) is 5.23. The van der Waals surface area contributed by atoms with Gasteiger partial charge in [0.25, 0.3) is 0 Å². The normalized spacial score (nSPS) is 12.6. The molecule has 0 heterocycles. The van der Waals surface area contributed by atoms with Gasteiger partial charge in [0.1, 0.15) is 6.10 Å². The zero-order valence-corrected chi connectivity index (χ0v) is 27.8. The van der Waals surface area contributed by atoms with E-state index in [4.69, 9.17) is 9.84 Å². The Morgan fingerprint density at radius 2 is 0.976 bits per heavy atom. The highest BCUT2D eigenvalue weighted by atomic mass is 16.5. The van der Waals surface area contributed by atoms with Crippen LogP contribution in [0.5, 0.6) is 0 Å². The molecule has 1 unspecified atom stereocenters. The summed E-state index contributed by atoms with van der Waals surface area (Å²) >= 11 is 0. The molecule has 0 aromatic carbocycles. The largest absolute Gasteiger partial charge is 0.481 e. The van der Waals surface area contributed by atoms with Gasteiger partial charge in [-0.1, -0.05) is 160 Å². The topological polar surface area (TPSA) is 63.6 Å². The van der Waals surface area contributed by atoms with Gasteiger partial charge < -0.3 is 9.84 Å². The summed E-state index contributed by atoms with van der Waals surface area (Å²) in [5.74, 6) is -0.767. The van der Waals surface area contributed by atoms with E-state index in [1.54, 1.807) is 0 Å². The van der Waals surface area contributed by atoms with Gasteiger partial charge >= 0.3 is 11.9 Å². The van der Waals surface area contributed by atoms with Crippen molar-refractivity contribution in [2.75, 3.05) is 0 Å². The number of carboxylic acid groups (broad SMARTS) is 1. The number of esters is 1. The molecule has 0 saturated carbocycles. The summed E-state index contributed by atoms with van der Waals surface area (Å²) in [4.78, 5) is 23.2. The molecule has 0 aromatic rings. The van der Waals surface area contributed by atoms with Crippen molar-refractivity contribution < 1.29 is 19.4 Å². The molecule has 42 heavy (non-hydrogen) atoms. The van der Waals surface area contributed by atoms with Gasteiger partial charge in [-0.05, 0) is 51.0 Å². The zero-order chi connectivity index (χ0) is 30.8. The first-order valence-corrected chi connectivity index (χ1v) is 18.0. The Morgan fingerprint density at radius 1 is 0.548 bits per heavy atom. The van der Waals surface area contributed by atoms with E-state index in [0.29, 0.717) is 6.42 Å². The first-order valence-electron chi connectivity index (χ1n) is 18.0. The molecule has 1 N–H and O–H groups in total. The molecule has 0 saturated heterocycles. The molecule has 4 heteroatoms. The first kappa shape index (κ1) is 40.2. The monoisotopic (exact) mass is 589 g/mol. The van der Waals surface area contributed by atoms with Crippen LogP contribution in [0.2, 0.25) is 0 Å². The number of hydrogen-bond donors (Lipinski definition) is 1. The van der Waals surface area contributed by atoms with E-state index in [1.165, 1.54) is 83.5 Å². The van der Waals surface area contributed by atoms with E-state index >= 15 is 0 Å². The van der Waals surface area contributed by atoms with Crippen LogP contribution in [0.25, 0.3) is 0 Å². The molecule has 0 aromatic heterocycles. The third-order valence-electron chi connectivity index (χ3n) is 7.86. The Labute approximate surface area is 260 Å². The Kier molecular flexibility index (Phi) is 32.2. The molecule has 4 nitrogen and oxygen atoms in total. The number of unbranched alkanes of at least 4 members (excludes halogenated alkanes) is 19. The Bertz CT molecular complexity index is 679. The van der Waals surface area contributed by atoms with Gasteiger partial charge in [-0.2, -0.15) is 0 Å². The van der Waals surface area contributed by atoms with E-state index in [0.717, 1.165) is 77.0 Å². The second-order valence-corrected chi connectivity index (χ2v) is 12.0. The van der Waals surface area contributed by atoms with Gasteiger partial charge in [0.2, 0.25) is 0 Å². The van der Waals surface area contributed by atoms with Crippen LogP contribution in [0.15, 0.2) is 36.5 Å². The van der Waals surface area contributed by atoms with Crippen molar-refractivity contribution in [3.8, 4) is 0 Å². The summed E-state index contributed by atoms with van der Waals surface area (Å²) in [7, 11) is 0. The zero-order valence-electron chi connectivity index (χ0n) is 27.8. The van der Waals surface area contributed by atoms with Crippen LogP contribution in [-0.2, 0) is 14.3 Å². The fraction of sp³-hybridized carbons (Fsp3) is 0.789. The van der Waals surface area contributed by atoms with Gasteiger partial charge in [-0.15, -0.1) is 0 Å². The smallest absolute Gasteiger partial charge is 0.306 e. The lowest BCUT2D eigenvalue weighted by molar-refractivity contribution is -0.147. The van der Waals surface area contributed by atoms with Crippen molar-refractivity contribution in [1.29, 1.82) is 0 Å². The lowest BCUT2D eigenvalue weighted by Crippen LogP contribution is -2.16. The number of carbonyl (C=O) groups is 2. The van der Waals surface area contributed by atoms with Crippen molar-refractivity contribution >= 4 is 11.9 Å². The summed E-state index contributed by atoms with van der Waals surface area (Å²) in [5.41, 5.74) is 0. The number of ether oxygens (including phenoxy) is 1. The average molecular weight is 589 g/mol. The van der Waals surface area contributed by atoms with Crippen molar-refractivity contribution in [1.82, 2.24) is 0 Å². The highest BCUT2D eigenvalue weighted by molar-refractivity contribution is 5.69. The van der Waals surface area contributed by atoms with Crippen LogP contribution in [0.3, 0.4) is 0 Å². The van der Waals surface area contributed by atoms with Gasteiger partial charge in [0.15, 0.2) is 0 Å². The Balaban J connectivity index is 4.07. The lowest BCUT2D eigenvalue weighted by Gasteiger charge is -2.14. The van der Waals surface area contributed by atoms with E-state index in [9.17, 15) is 9.59 Å². The third-order valence-corrected chi connectivity index (χ3v) is 7.86. The van der Waals surface area contributed by atoms with Gasteiger partial charge in [0, 0.05) is 12.8 Å². The van der Waals surface area contributed by atoms with E-state index in [2.05, 4.69) is 50.3 Å². The summed E-state index contributed by atoms with van der Waals surface area (Å²) in [6.07, 6.45) is 43.2. The number of aliphatic carboxylic acids is 1. The number of carboxylic acids is 1. The molecule has 0 bridgehead atoms. The minimum Gasteiger partial charge on any atom is -0.481 e. The predicted molar refractivity (Wildman–Crippen MR) is 181 cm³/mol. The molecule has 0 fully saturated rings. The van der Waals surface area contributed by atoms with Crippen molar-refractivity contribution in [3.63, 3.8) is 0 Å². The second-order valence-electron chi connectivity index (χ2n) is 12.0. The highest BCUT2D eigenvalue weighted by Gasteiger charge is 2.11. The summed E-state index contributed by atoms with van der Waals surface area (Å²) in [6, 6.07) is 0. The molecule has 0 rings (SSSR count). The average Bonchev–Trinajstić information content (AvgIpc) is 2.97. The summed E-state index contributed by atoms with van der Waals surface area (Å²) in [6.45, 7) is 4.42. The molecule has 1 atom stereocenters. The highest BCUT2D eigenvalue weighted by Crippen LogP contribution is 2.16. The van der Waals surface area contributed by atoms with Crippen LogP contribution in [0.4, 0.5) is 0 Å². The summed E-state index contributed by atoms with van der Waals surface area (Å²) in [5, 5.41) is 8.75. The molecule has 0 aliphatic carbocycles. The maximum Gasteiger partial charge on any atom is 0.306 e. The summed E-state index contributed by atoms with van der Waals surface area (Å²) < 4.78 is 5.87. The minimum atomic E-state index is -0.706. The molecule has 0 amide bonds. The third kappa shape index (κ3) is 32.7. The maximum atomic E-state index is 12.6. The fourth-order valence-electron chi connectivity index (χ4n) is 5.23. The number of allylic oxidation sites excluding steroid dienone is 5. The quantitative estimate of drug-likeness (QED) is 0.0482. The lowest BCUT2D eigenvalue weighted by atomic mass is 10.0. The number of hydrogen-bond acceptors (Lipinski definition) is 3.